The fraction of sp³-hybridized carbons (Fsp3) is 0.600. The molecule has 2 aromatic heterocycles. The first kappa shape index (κ1) is 16.2. The molecule has 0 unspecified atom stereocenters. The maximum atomic E-state index is 5.46. The Morgan fingerprint density at radius 3 is 2.87 bits per heavy atom. The lowest BCUT2D eigenvalue weighted by atomic mass is 10.1. The molecule has 0 bridgehead atoms. The summed E-state index contributed by atoms with van der Waals surface area (Å²) in [4.78, 5) is 4.53. The SMILES string of the molecule is COc1c(C)cnc(CSc2nnnn2C2CCOCC2)c1C. The third-order valence-corrected chi connectivity index (χ3v) is 5.03. The van der Waals surface area contributed by atoms with Crippen LogP contribution in [0.2, 0.25) is 0 Å². The highest BCUT2D eigenvalue weighted by molar-refractivity contribution is 7.98. The molecule has 0 aliphatic carbocycles. The second kappa shape index (κ2) is 7.27. The molecule has 3 heterocycles. The molecule has 7 nitrogen and oxygen atoms in total. The minimum Gasteiger partial charge on any atom is -0.496 e. The van der Waals surface area contributed by atoms with Crippen LogP contribution in [0.3, 0.4) is 0 Å². The molecule has 124 valence electrons. The average Bonchev–Trinajstić information content (AvgIpc) is 3.04. The van der Waals surface area contributed by atoms with Gasteiger partial charge in [0.15, 0.2) is 0 Å². The van der Waals surface area contributed by atoms with E-state index in [4.69, 9.17) is 9.47 Å². The van der Waals surface area contributed by atoms with Crippen molar-refractivity contribution in [2.24, 2.45) is 0 Å². The van der Waals surface area contributed by atoms with Crippen molar-refractivity contribution < 1.29 is 9.47 Å². The van der Waals surface area contributed by atoms with E-state index in [9.17, 15) is 0 Å². The van der Waals surface area contributed by atoms with Gasteiger partial charge in [0.1, 0.15) is 5.75 Å². The predicted molar refractivity (Wildman–Crippen MR) is 86.7 cm³/mol. The zero-order chi connectivity index (χ0) is 16.2. The monoisotopic (exact) mass is 335 g/mol. The Labute approximate surface area is 139 Å². The molecular weight excluding hydrogens is 314 g/mol. The first-order valence-electron chi connectivity index (χ1n) is 7.68. The van der Waals surface area contributed by atoms with Crippen molar-refractivity contribution in [1.82, 2.24) is 25.2 Å². The highest BCUT2D eigenvalue weighted by atomic mass is 32.2. The van der Waals surface area contributed by atoms with Crippen LogP contribution in [0.1, 0.15) is 35.7 Å². The molecule has 0 spiro atoms. The maximum Gasteiger partial charge on any atom is 0.209 e. The van der Waals surface area contributed by atoms with Crippen molar-refractivity contribution >= 4 is 11.8 Å². The van der Waals surface area contributed by atoms with Crippen LogP contribution in [-0.2, 0) is 10.5 Å². The van der Waals surface area contributed by atoms with Crippen molar-refractivity contribution in [2.75, 3.05) is 20.3 Å². The molecule has 0 aromatic carbocycles. The molecule has 2 aromatic rings. The summed E-state index contributed by atoms with van der Waals surface area (Å²) in [7, 11) is 1.69. The van der Waals surface area contributed by atoms with Gasteiger partial charge in [-0.25, -0.2) is 4.68 Å². The number of methoxy groups -OCH3 is 1. The fourth-order valence-electron chi connectivity index (χ4n) is 2.79. The molecule has 0 saturated carbocycles. The van der Waals surface area contributed by atoms with Gasteiger partial charge in [0.2, 0.25) is 5.16 Å². The average molecular weight is 335 g/mol. The molecule has 1 aliphatic rings. The summed E-state index contributed by atoms with van der Waals surface area (Å²) in [6.45, 7) is 5.58. The second-order valence-corrected chi connectivity index (χ2v) is 6.53. The second-order valence-electron chi connectivity index (χ2n) is 5.58. The standard InChI is InChI=1S/C15H21N5O2S/c1-10-8-16-13(11(2)14(10)21-3)9-23-15-17-18-19-20(15)12-4-6-22-7-5-12/h8,12H,4-7,9H2,1-3H3. The van der Waals surface area contributed by atoms with Gasteiger partial charge in [0.05, 0.1) is 18.8 Å². The van der Waals surface area contributed by atoms with E-state index in [1.54, 1.807) is 18.9 Å². The Bertz CT molecular complexity index is 670. The van der Waals surface area contributed by atoms with E-state index in [0.717, 1.165) is 53.8 Å². The first-order valence-corrected chi connectivity index (χ1v) is 8.66. The molecular formula is C15H21N5O2S. The number of rotatable bonds is 5. The molecule has 0 N–H and O–H groups in total. The van der Waals surface area contributed by atoms with Gasteiger partial charge in [-0.05, 0) is 37.1 Å². The van der Waals surface area contributed by atoms with E-state index >= 15 is 0 Å². The Hall–Kier alpha value is -1.67. The number of aryl methyl sites for hydroxylation is 1. The van der Waals surface area contributed by atoms with Crippen LogP contribution in [0.15, 0.2) is 11.4 Å². The third kappa shape index (κ3) is 3.48. The lowest BCUT2D eigenvalue weighted by Crippen LogP contribution is -2.21. The molecule has 1 fully saturated rings. The van der Waals surface area contributed by atoms with E-state index < -0.39 is 0 Å². The summed E-state index contributed by atoms with van der Waals surface area (Å²) >= 11 is 1.61. The summed E-state index contributed by atoms with van der Waals surface area (Å²) in [6.07, 6.45) is 3.76. The van der Waals surface area contributed by atoms with Gasteiger partial charge in [-0.1, -0.05) is 11.8 Å². The molecule has 0 atom stereocenters. The van der Waals surface area contributed by atoms with E-state index in [1.807, 2.05) is 24.7 Å². The predicted octanol–water partition coefficient (Wildman–Crippen LogP) is 2.34. The van der Waals surface area contributed by atoms with Crippen LogP contribution in [0.5, 0.6) is 5.75 Å². The summed E-state index contributed by atoms with van der Waals surface area (Å²) in [5.74, 6) is 1.62. The van der Waals surface area contributed by atoms with E-state index in [1.165, 1.54) is 0 Å². The number of pyridine rings is 1. The number of aromatic nitrogens is 5. The largest absolute Gasteiger partial charge is 0.496 e. The van der Waals surface area contributed by atoms with E-state index in [0.29, 0.717) is 11.8 Å². The number of hydrogen-bond acceptors (Lipinski definition) is 7. The quantitative estimate of drug-likeness (QED) is 0.776. The maximum absolute atomic E-state index is 5.46. The lowest BCUT2D eigenvalue weighted by molar-refractivity contribution is 0.0631. The first-order chi connectivity index (χ1) is 11.2. The van der Waals surface area contributed by atoms with Gasteiger partial charge >= 0.3 is 0 Å². The zero-order valence-electron chi connectivity index (χ0n) is 13.7. The number of hydrogen-bond donors (Lipinski definition) is 0. The highest BCUT2D eigenvalue weighted by Gasteiger charge is 2.21. The van der Waals surface area contributed by atoms with Gasteiger partial charge in [-0.2, -0.15) is 0 Å². The Balaban J connectivity index is 1.73. The normalized spacial score (nSPS) is 15.8. The molecule has 8 heteroatoms. The summed E-state index contributed by atoms with van der Waals surface area (Å²) < 4.78 is 12.8. The van der Waals surface area contributed by atoms with Gasteiger partial charge < -0.3 is 9.47 Å². The number of tetrazole rings is 1. The van der Waals surface area contributed by atoms with Crippen LogP contribution in [0.25, 0.3) is 0 Å². The van der Waals surface area contributed by atoms with Gasteiger partial charge in [0, 0.05) is 36.3 Å². The number of nitrogens with zero attached hydrogens (tertiary/aromatic N) is 5. The molecule has 1 aliphatic heterocycles. The Morgan fingerprint density at radius 2 is 2.13 bits per heavy atom. The van der Waals surface area contributed by atoms with E-state index in [2.05, 4.69) is 20.5 Å². The van der Waals surface area contributed by atoms with Crippen LogP contribution in [0.4, 0.5) is 0 Å². The van der Waals surface area contributed by atoms with Crippen molar-refractivity contribution in [3.8, 4) is 5.75 Å². The van der Waals surface area contributed by atoms with Crippen molar-refractivity contribution in [3.05, 3.63) is 23.0 Å². The van der Waals surface area contributed by atoms with Crippen LogP contribution >= 0.6 is 11.8 Å². The molecule has 0 radical (unpaired) electrons. The summed E-state index contributed by atoms with van der Waals surface area (Å²) in [5.41, 5.74) is 3.12. The minimum absolute atomic E-state index is 0.322. The zero-order valence-corrected chi connectivity index (χ0v) is 14.5. The minimum atomic E-state index is 0.322. The molecule has 1 saturated heterocycles. The van der Waals surface area contributed by atoms with Crippen LogP contribution < -0.4 is 4.74 Å². The Kier molecular flexibility index (Phi) is 5.12. The van der Waals surface area contributed by atoms with Crippen molar-refractivity contribution in [2.45, 2.75) is 43.6 Å². The Morgan fingerprint density at radius 1 is 1.35 bits per heavy atom. The van der Waals surface area contributed by atoms with Crippen LogP contribution in [0, 0.1) is 13.8 Å². The smallest absolute Gasteiger partial charge is 0.209 e. The number of ether oxygens (including phenoxy) is 2. The number of thioether (sulfide) groups is 1. The third-order valence-electron chi connectivity index (χ3n) is 4.09. The summed E-state index contributed by atoms with van der Waals surface area (Å²) in [5, 5.41) is 13.0. The molecule has 3 rings (SSSR count). The summed E-state index contributed by atoms with van der Waals surface area (Å²) in [6, 6.07) is 0.322. The van der Waals surface area contributed by atoms with Gasteiger partial charge in [0.25, 0.3) is 0 Å². The highest BCUT2D eigenvalue weighted by Crippen LogP contribution is 2.30. The topological polar surface area (TPSA) is 75.0 Å². The fourth-order valence-corrected chi connectivity index (χ4v) is 3.76. The molecule has 0 amide bonds. The van der Waals surface area contributed by atoms with Gasteiger partial charge in [-0.15, -0.1) is 5.10 Å². The van der Waals surface area contributed by atoms with Gasteiger partial charge in [-0.3, -0.25) is 4.98 Å². The lowest BCUT2D eigenvalue weighted by Gasteiger charge is -2.22. The van der Waals surface area contributed by atoms with Crippen LogP contribution in [-0.4, -0.2) is 45.5 Å². The molecule has 23 heavy (non-hydrogen) atoms. The van der Waals surface area contributed by atoms with Crippen molar-refractivity contribution in [3.63, 3.8) is 0 Å². The van der Waals surface area contributed by atoms with Crippen molar-refractivity contribution in [1.29, 1.82) is 0 Å². The van der Waals surface area contributed by atoms with E-state index in [-0.39, 0.29) is 0 Å².